The summed E-state index contributed by atoms with van der Waals surface area (Å²) in [5, 5.41) is 17.0. The number of rotatable bonds is 4. The van der Waals surface area contributed by atoms with Crippen LogP contribution in [0.3, 0.4) is 0 Å². The van der Waals surface area contributed by atoms with Crippen molar-refractivity contribution >= 4 is 5.91 Å². The Morgan fingerprint density at radius 3 is 2.95 bits per heavy atom. The van der Waals surface area contributed by atoms with Crippen molar-refractivity contribution in [3.8, 4) is 5.88 Å². The van der Waals surface area contributed by atoms with E-state index in [-0.39, 0.29) is 18.0 Å². The Hall–Kier alpha value is -2.41. The molecule has 0 unspecified atom stereocenters. The van der Waals surface area contributed by atoms with Crippen LogP contribution in [0.4, 0.5) is 0 Å². The van der Waals surface area contributed by atoms with Crippen LogP contribution in [0, 0.1) is 6.92 Å². The summed E-state index contributed by atoms with van der Waals surface area (Å²) in [7, 11) is 1.48. The van der Waals surface area contributed by atoms with E-state index in [1.807, 2.05) is 6.92 Å². The van der Waals surface area contributed by atoms with Gasteiger partial charge in [0.05, 0.1) is 25.3 Å². The highest BCUT2D eigenvalue weighted by atomic mass is 16.5. The Bertz CT molecular complexity index is 671. The zero-order valence-corrected chi connectivity index (χ0v) is 12.4. The number of nitrogens with zero attached hydrogens (tertiary/aromatic N) is 3. The van der Waals surface area contributed by atoms with E-state index in [0.29, 0.717) is 17.9 Å². The predicted molar refractivity (Wildman–Crippen MR) is 78.7 cm³/mol. The van der Waals surface area contributed by atoms with Crippen molar-refractivity contribution in [1.82, 2.24) is 20.1 Å². The zero-order valence-electron chi connectivity index (χ0n) is 12.4. The van der Waals surface area contributed by atoms with Gasteiger partial charge in [0, 0.05) is 18.1 Å². The summed E-state index contributed by atoms with van der Waals surface area (Å²) in [6.07, 6.45) is 3.41. The number of nitrogens with one attached hydrogen (secondary N) is 1. The molecule has 1 fully saturated rings. The smallest absolute Gasteiger partial charge is 0.257 e. The lowest BCUT2D eigenvalue weighted by Crippen LogP contribution is -2.56. The maximum atomic E-state index is 12.4. The topological polar surface area (TPSA) is 89.3 Å². The number of carbonyl (C=O) groups excluding carboxylic acids is 1. The number of ether oxygens (including phenoxy) is 1. The molecule has 1 aliphatic carbocycles. The highest BCUT2D eigenvalue weighted by Gasteiger charge is 2.42. The lowest BCUT2D eigenvalue weighted by atomic mass is 9.83. The first-order chi connectivity index (χ1) is 10.6. The molecule has 1 saturated carbocycles. The van der Waals surface area contributed by atoms with Gasteiger partial charge in [-0.2, -0.15) is 5.10 Å². The van der Waals surface area contributed by atoms with Crippen molar-refractivity contribution in [3.63, 3.8) is 0 Å². The first-order valence-corrected chi connectivity index (χ1v) is 7.10. The third-order valence-electron chi connectivity index (χ3n) is 3.89. The van der Waals surface area contributed by atoms with Gasteiger partial charge in [0.2, 0.25) is 5.88 Å². The number of aliphatic hydroxyl groups is 1. The lowest BCUT2D eigenvalue weighted by Gasteiger charge is -2.41. The molecular weight excluding hydrogens is 284 g/mol. The number of aliphatic hydroxyl groups excluding tert-OH is 1. The molecule has 0 aromatic carbocycles. The standard InChI is InChI=1S/C15H18N4O3/c1-9-4-5-10(15(17-9)22-2)14(21)18-11-8-12(20)13(11)19-7-3-6-16-19/h3-7,11-13,20H,8H2,1-2H3,(H,18,21)/t11-,12+,13+/m0/s1. The summed E-state index contributed by atoms with van der Waals surface area (Å²) in [5.41, 5.74) is 1.16. The fourth-order valence-electron chi connectivity index (χ4n) is 2.68. The van der Waals surface area contributed by atoms with E-state index in [1.165, 1.54) is 7.11 Å². The number of aromatic nitrogens is 3. The van der Waals surface area contributed by atoms with Gasteiger partial charge in [-0.25, -0.2) is 4.98 Å². The molecule has 0 bridgehead atoms. The second-order valence-corrected chi connectivity index (χ2v) is 5.37. The Morgan fingerprint density at radius 2 is 2.32 bits per heavy atom. The summed E-state index contributed by atoms with van der Waals surface area (Å²) in [4.78, 5) is 16.6. The third kappa shape index (κ3) is 2.55. The number of pyridine rings is 1. The minimum atomic E-state index is -0.511. The molecule has 0 aliphatic heterocycles. The van der Waals surface area contributed by atoms with Gasteiger partial charge in [0.25, 0.3) is 5.91 Å². The molecule has 2 heterocycles. The van der Waals surface area contributed by atoms with Crippen LogP contribution in [0.1, 0.15) is 28.5 Å². The van der Waals surface area contributed by atoms with Crippen molar-refractivity contribution < 1.29 is 14.6 Å². The van der Waals surface area contributed by atoms with Crippen molar-refractivity contribution in [2.24, 2.45) is 0 Å². The summed E-state index contributed by atoms with van der Waals surface area (Å²) < 4.78 is 6.83. The second kappa shape index (κ2) is 5.76. The van der Waals surface area contributed by atoms with E-state index >= 15 is 0 Å². The van der Waals surface area contributed by atoms with Gasteiger partial charge in [0.15, 0.2) is 0 Å². The molecule has 0 spiro atoms. The summed E-state index contributed by atoms with van der Waals surface area (Å²) >= 11 is 0. The van der Waals surface area contributed by atoms with E-state index in [4.69, 9.17) is 4.74 Å². The monoisotopic (exact) mass is 302 g/mol. The maximum Gasteiger partial charge on any atom is 0.257 e. The van der Waals surface area contributed by atoms with Gasteiger partial charge in [-0.3, -0.25) is 9.48 Å². The Labute approximate surface area is 127 Å². The van der Waals surface area contributed by atoms with E-state index in [2.05, 4.69) is 15.4 Å². The van der Waals surface area contributed by atoms with Crippen molar-refractivity contribution in [2.45, 2.75) is 31.5 Å². The summed E-state index contributed by atoms with van der Waals surface area (Å²) in [5.74, 6) is 0.0337. The Kier molecular flexibility index (Phi) is 3.81. The van der Waals surface area contributed by atoms with Gasteiger partial charge in [0.1, 0.15) is 5.56 Å². The molecule has 2 aromatic heterocycles. The molecule has 7 heteroatoms. The van der Waals surface area contributed by atoms with Crippen LogP contribution in [-0.4, -0.2) is 45.0 Å². The van der Waals surface area contributed by atoms with E-state index in [9.17, 15) is 9.90 Å². The summed E-state index contributed by atoms with van der Waals surface area (Å²) in [6.45, 7) is 1.83. The van der Waals surface area contributed by atoms with Crippen LogP contribution in [0.15, 0.2) is 30.6 Å². The van der Waals surface area contributed by atoms with Gasteiger partial charge < -0.3 is 15.2 Å². The van der Waals surface area contributed by atoms with Gasteiger partial charge in [-0.05, 0) is 31.5 Å². The fourth-order valence-corrected chi connectivity index (χ4v) is 2.68. The van der Waals surface area contributed by atoms with Crippen molar-refractivity contribution in [3.05, 3.63) is 41.9 Å². The van der Waals surface area contributed by atoms with Gasteiger partial charge in [-0.1, -0.05) is 0 Å². The number of amides is 1. The minimum absolute atomic E-state index is 0.173. The number of carbonyl (C=O) groups is 1. The average Bonchev–Trinajstić information content (AvgIpc) is 2.99. The van der Waals surface area contributed by atoms with E-state index < -0.39 is 6.10 Å². The third-order valence-corrected chi connectivity index (χ3v) is 3.89. The SMILES string of the molecule is COc1nc(C)ccc1C(=O)N[C@H]1C[C@@H](O)[C@@H]1n1cccn1. The predicted octanol–water partition coefficient (Wildman–Crippen LogP) is 0.699. The molecule has 7 nitrogen and oxygen atoms in total. The highest BCUT2D eigenvalue weighted by Crippen LogP contribution is 2.32. The quantitative estimate of drug-likeness (QED) is 0.868. The molecule has 3 atom stereocenters. The molecule has 1 amide bonds. The van der Waals surface area contributed by atoms with E-state index in [0.717, 1.165) is 5.69 Å². The number of aryl methyl sites for hydroxylation is 1. The second-order valence-electron chi connectivity index (χ2n) is 5.37. The molecule has 2 N–H and O–H groups in total. The molecule has 2 aromatic rings. The number of hydrogen-bond donors (Lipinski definition) is 2. The van der Waals surface area contributed by atoms with Crippen molar-refractivity contribution in [2.75, 3.05) is 7.11 Å². The first-order valence-electron chi connectivity index (χ1n) is 7.10. The van der Waals surface area contributed by atoms with Gasteiger partial charge in [-0.15, -0.1) is 0 Å². The van der Waals surface area contributed by atoms with Crippen LogP contribution in [0.2, 0.25) is 0 Å². The number of methoxy groups -OCH3 is 1. The summed E-state index contributed by atoms with van der Waals surface area (Å²) in [6, 6.07) is 4.82. The molecular formula is C15H18N4O3. The van der Waals surface area contributed by atoms with Crippen LogP contribution >= 0.6 is 0 Å². The minimum Gasteiger partial charge on any atom is -0.480 e. The van der Waals surface area contributed by atoms with Crippen LogP contribution < -0.4 is 10.1 Å². The molecule has 0 saturated heterocycles. The molecule has 116 valence electrons. The first kappa shape index (κ1) is 14.5. The largest absolute Gasteiger partial charge is 0.480 e. The molecule has 0 radical (unpaired) electrons. The van der Waals surface area contributed by atoms with Crippen molar-refractivity contribution in [1.29, 1.82) is 0 Å². The lowest BCUT2D eigenvalue weighted by molar-refractivity contribution is -0.00591. The molecule has 22 heavy (non-hydrogen) atoms. The van der Waals surface area contributed by atoms with Crippen LogP contribution in [0.25, 0.3) is 0 Å². The highest BCUT2D eigenvalue weighted by molar-refractivity contribution is 5.96. The van der Waals surface area contributed by atoms with Gasteiger partial charge >= 0.3 is 0 Å². The number of hydrogen-bond acceptors (Lipinski definition) is 5. The fraction of sp³-hybridized carbons (Fsp3) is 0.400. The van der Waals surface area contributed by atoms with Crippen LogP contribution in [-0.2, 0) is 0 Å². The maximum absolute atomic E-state index is 12.4. The average molecular weight is 302 g/mol. The Morgan fingerprint density at radius 1 is 1.50 bits per heavy atom. The molecule has 1 aliphatic rings. The zero-order chi connectivity index (χ0) is 15.7. The van der Waals surface area contributed by atoms with Crippen LogP contribution in [0.5, 0.6) is 5.88 Å². The normalized spacial score (nSPS) is 23.7. The van der Waals surface area contributed by atoms with E-state index in [1.54, 1.807) is 35.3 Å². The Balaban J connectivity index is 1.75. The molecule has 3 rings (SSSR count).